The summed E-state index contributed by atoms with van der Waals surface area (Å²) in [5.41, 5.74) is 7.36. The number of piperidine rings is 1. The molecule has 1 aliphatic carbocycles. The number of benzene rings is 1. The van der Waals surface area contributed by atoms with Crippen LogP contribution in [0, 0.1) is 12.8 Å². The van der Waals surface area contributed by atoms with Crippen LogP contribution < -0.4 is 15.2 Å². The first-order valence-electron chi connectivity index (χ1n) is 11.2. The van der Waals surface area contributed by atoms with Gasteiger partial charge in [-0.25, -0.2) is 9.78 Å². The van der Waals surface area contributed by atoms with Crippen molar-refractivity contribution < 1.29 is 24.2 Å². The maximum atomic E-state index is 13.1. The number of carbonyl (C=O) groups excluding carboxylic acids is 1. The van der Waals surface area contributed by atoms with E-state index in [4.69, 9.17) is 31.9 Å². The van der Waals surface area contributed by atoms with E-state index in [0.717, 1.165) is 39.6 Å². The lowest BCUT2D eigenvalue weighted by Gasteiger charge is -2.26. The second-order valence-electron chi connectivity index (χ2n) is 8.58. The minimum Gasteiger partial charge on any atom is -0.485 e. The molecule has 35 heavy (non-hydrogen) atoms. The van der Waals surface area contributed by atoms with Crippen molar-refractivity contribution in [3.8, 4) is 21.9 Å². The molecule has 6 rings (SSSR count). The third-order valence-electron chi connectivity index (χ3n) is 6.24. The van der Waals surface area contributed by atoms with Crippen LogP contribution >= 0.6 is 34.3 Å². The number of halogens is 1. The highest BCUT2D eigenvalue weighted by molar-refractivity contribution is 7.15. The van der Waals surface area contributed by atoms with Crippen LogP contribution in [-0.4, -0.2) is 58.7 Å². The van der Waals surface area contributed by atoms with Crippen molar-refractivity contribution in [1.29, 1.82) is 0 Å². The molecular formula is C24H24ClN3O5S2. The Morgan fingerprint density at radius 2 is 2.09 bits per heavy atom. The molecule has 2 aromatic heterocycles. The average Bonchev–Trinajstić information content (AvgIpc) is 3.18. The van der Waals surface area contributed by atoms with E-state index in [-0.39, 0.29) is 16.8 Å². The summed E-state index contributed by atoms with van der Waals surface area (Å²) in [6, 6.07) is 8.11. The van der Waals surface area contributed by atoms with Gasteiger partial charge in [0, 0.05) is 29.0 Å². The van der Waals surface area contributed by atoms with Crippen LogP contribution in [0.1, 0.15) is 38.0 Å². The monoisotopic (exact) mass is 533 g/mol. The number of nitrogens with zero attached hydrogens (tertiary/aromatic N) is 2. The van der Waals surface area contributed by atoms with Crippen LogP contribution in [-0.2, 0) is 0 Å². The lowest BCUT2D eigenvalue weighted by atomic mass is 10.1. The minimum atomic E-state index is -0.966. The molecule has 184 valence electrons. The molecule has 3 N–H and O–H groups in total. The van der Waals surface area contributed by atoms with Crippen LogP contribution in [0.25, 0.3) is 10.4 Å². The molecule has 2 aliphatic heterocycles. The highest BCUT2D eigenvalue weighted by Gasteiger charge is 2.54. The zero-order valence-electron chi connectivity index (χ0n) is 18.9. The Morgan fingerprint density at radius 1 is 1.29 bits per heavy atom. The Bertz CT molecular complexity index is 1280. The molecule has 3 aromatic rings. The van der Waals surface area contributed by atoms with E-state index in [9.17, 15) is 9.59 Å². The Morgan fingerprint density at radius 3 is 2.83 bits per heavy atom. The molecule has 0 radical (unpaired) electrons. The second-order valence-corrected chi connectivity index (χ2v) is 11.1. The fraction of sp³-hybridized carbons (Fsp3) is 0.375. The van der Waals surface area contributed by atoms with E-state index < -0.39 is 5.97 Å². The lowest BCUT2D eigenvalue weighted by molar-refractivity contribution is 0.0687. The predicted octanol–water partition coefficient (Wildman–Crippen LogP) is 4.55. The number of likely N-dealkylation sites (tertiary alicyclic amines) is 1. The predicted molar refractivity (Wildman–Crippen MR) is 135 cm³/mol. The normalized spacial score (nSPS) is 21.7. The highest BCUT2D eigenvalue weighted by atomic mass is 35.5. The number of aromatic nitrogens is 1. The van der Waals surface area contributed by atoms with E-state index >= 15 is 0 Å². The van der Waals surface area contributed by atoms with Gasteiger partial charge in [0.25, 0.3) is 5.91 Å². The zero-order chi connectivity index (χ0) is 24.7. The van der Waals surface area contributed by atoms with Crippen LogP contribution in [0.5, 0.6) is 11.5 Å². The minimum absolute atomic E-state index is 0.0183. The summed E-state index contributed by atoms with van der Waals surface area (Å²) in [6.45, 7) is 3.36. The van der Waals surface area contributed by atoms with E-state index in [1.807, 2.05) is 36.1 Å². The number of hydrogen-bond acceptors (Lipinski definition) is 8. The zero-order valence-corrected chi connectivity index (χ0v) is 21.3. The summed E-state index contributed by atoms with van der Waals surface area (Å²) in [5.74, 6) is 0.612. The summed E-state index contributed by atoms with van der Waals surface area (Å²) in [5, 5.41) is 11.9. The van der Waals surface area contributed by atoms with Crippen LogP contribution in [0.3, 0.4) is 0 Å². The van der Waals surface area contributed by atoms with Crippen molar-refractivity contribution in [3.05, 3.63) is 50.2 Å². The maximum absolute atomic E-state index is 13.1. The lowest BCUT2D eigenvalue weighted by Crippen LogP contribution is -2.42. The number of thiophene rings is 1. The van der Waals surface area contributed by atoms with Gasteiger partial charge in [0.2, 0.25) is 0 Å². The Balaban J connectivity index is 0.000000178. The number of thiazole rings is 1. The third-order valence-corrected chi connectivity index (χ3v) is 8.42. The molecule has 0 unspecified atom stereocenters. The van der Waals surface area contributed by atoms with Crippen molar-refractivity contribution in [3.63, 3.8) is 0 Å². The van der Waals surface area contributed by atoms with Crippen molar-refractivity contribution in [1.82, 2.24) is 9.88 Å². The first kappa shape index (κ1) is 24.1. The molecule has 1 aromatic carbocycles. The molecule has 11 heteroatoms. The summed E-state index contributed by atoms with van der Waals surface area (Å²) in [6.07, 6.45) is 2.14. The molecule has 1 saturated heterocycles. The standard InChI is InChI=1S/C17H18ClN3OS.C7H6O4S/c1-9-20-15(16(23-9)10-3-2-4-12(18)5-10)17(22)21-13(8-19)6-11-7-14(11)21;8-7(9)6-5-4(3-12-6)10-1-2-11-5/h2-5,11,13-14H,6-8,19H2,1H3;3H,1-2H2,(H,8,9)/t11-,13+,14+;/m1./s1. The molecule has 0 bridgehead atoms. The van der Waals surface area contributed by atoms with Gasteiger partial charge in [0.1, 0.15) is 18.9 Å². The number of nitrogens with two attached hydrogens (primary N) is 1. The molecule has 8 nitrogen and oxygen atoms in total. The molecule has 3 aliphatic rings. The number of rotatable bonds is 4. The number of ether oxygens (including phenoxy) is 2. The van der Waals surface area contributed by atoms with Gasteiger partial charge in [0.05, 0.1) is 9.88 Å². The van der Waals surface area contributed by atoms with E-state index in [1.54, 1.807) is 5.38 Å². The van der Waals surface area contributed by atoms with E-state index in [2.05, 4.69) is 4.98 Å². The first-order chi connectivity index (χ1) is 16.9. The largest absolute Gasteiger partial charge is 0.485 e. The second kappa shape index (κ2) is 9.77. The van der Waals surface area contributed by atoms with Gasteiger partial charge in [-0.1, -0.05) is 23.7 Å². The highest BCUT2D eigenvalue weighted by Crippen LogP contribution is 2.48. The SMILES string of the molecule is Cc1nc(C(=O)N2[C@H](CN)C[C@@H]3C[C@@H]32)c(-c2cccc(Cl)c2)s1.O=C(O)c1scc2c1OCCO2. The van der Waals surface area contributed by atoms with Crippen LogP contribution in [0.4, 0.5) is 0 Å². The molecule has 2 fully saturated rings. The van der Waals surface area contributed by atoms with Crippen molar-refractivity contribution >= 4 is 46.2 Å². The third kappa shape index (κ3) is 4.75. The number of carbonyl (C=O) groups is 2. The fourth-order valence-corrected chi connectivity index (χ4v) is 6.48. The number of amides is 1. The average molecular weight is 534 g/mol. The van der Waals surface area contributed by atoms with E-state index in [1.165, 1.54) is 11.3 Å². The molecule has 3 atom stereocenters. The van der Waals surface area contributed by atoms with Crippen molar-refractivity contribution in [2.24, 2.45) is 11.7 Å². The van der Waals surface area contributed by atoms with Crippen molar-refractivity contribution in [2.75, 3.05) is 19.8 Å². The maximum Gasteiger partial charge on any atom is 0.349 e. The van der Waals surface area contributed by atoms with Gasteiger partial charge < -0.3 is 25.2 Å². The smallest absolute Gasteiger partial charge is 0.349 e. The number of aromatic carboxylic acids is 1. The number of aryl methyl sites for hydroxylation is 1. The molecule has 4 heterocycles. The molecular weight excluding hydrogens is 510 g/mol. The molecule has 1 saturated carbocycles. The van der Waals surface area contributed by atoms with Gasteiger partial charge in [0.15, 0.2) is 16.4 Å². The molecule has 1 amide bonds. The summed E-state index contributed by atoms with van der Waals surface area (Å²) in [7, 11) is 0. The van der Waals surface area contributed by atoms with E-state index in [0.29, 0.717) is 53.9 Å². The van der Waals surface area contributed by atoms with Gasteiger partial charge in [-0.3, -0.25) is 4.79 Å². The Kier molecular flexibility index (Phi) is 6.71. The fourth-order valence-electron chi connectivity index (χ4n) is 4.62. The number of fused-ring (bicyclic) bond motifs is 2. The van der Waals surface area contributed by atoms with Gasteiger partial charge >= 0.3 is 5.97 Å². The van der Waals surface area contributed by atoms with Gasteiger partial charge in [-0.2, -0.15) is 0 Å². The summed E-state index contributed by atoms with van der Waals surface area (Å²) >= 11 is 8.77. The van der Waals surface area contributed by atoms with Gasteiger partial charge in [-0.15, -0.1) is 22.7 Å². The Labute approximate surface area is 215 Å². The van der Waals surface area contributed by atoms with Gasteiger partial charge in [-0.05, 0) is 43.4 Å². The Hall–Kier alpha value is -2.66. The quantitative estimate of drug-likeness (QED) is 0.505. The topological polar surface area (TPSA) is 115 Å². The van der Waals surface area contributed by atoms with Crippen molar-refractivity contribution in [2.45, 2.75) is 31.8 Å². The number of carboxylic acids is 1. The molecule has 0 spiro atoms. The van der Waals surface area contributed by atoms with Crippen LogP contribution in [0.15, 0.2) is 29.6 Å². The number of hydrogen-bond donors (Lipinski definition) is 2. The number of carboxylic acid groups (broad SMARTS) is 1. The first-order valence-corrected chi connectivity index (χ1v) is 13.3. The summed E-state index contributed by atoms with van der Waals surface area (Å²) in [4.78, 5) is 31.4. The summed E-state index contributed by atoms with van der Waals surface area (Å²) < 4.78 is 10.3. The van der Waals surface area contributed by atoms with Crippen LogP contribution in [0.2, 0.25) is 5.02 Å².